The van der Waals surface area contributed by atoms with Crippen LogP contribution in [0.3, 0.4) is 0 Å². The number of carboxylic acid groups (broad SMARTS) is 2. The maximum atomic E-state index is 13.3. The molecule has 36 heavy (non-hydrogen) atoms. The van der Waals surface area contributed by atoms with Crippen molar-refractivity contribution >= 4 is 35.0 Å². The molecule has 1 atom stereocenters. The number of carbonyl (C=O) groups is 2. The number of rotatable bonds is 4. The minimum atomic E-state index is -5.08. The zero-order valence-corrected chi connectivity index (χ0v) is 19.7. The van der Waals surface area contributed by atoms with E-state index in [0.29, 0.717) is 42.6 Å². The first-order valence-corrected chi connectivity index (χ1v) is 11.1. The van der Waals surface area contributed by atoms with Gasteiger partial charge < -0.3 is 25.3 Å². The van der Waals surface area contributed by atoms with E-state index < -0.39 is 24.2 Å². The molecule has 12 nitrogen and oxygen atoms in total. The van der Waals surface area contributed by atoms with E-state index in [-0.39, 0.29) is 5.56 Å². The van der Waals surface area contributed by atoms with Crippen LogP contribution in [-0.4, -0.2) is 86.2 Å². The van der Waals surface area contributed by atoms with Crippen LogP contribution in [0.4, 0.5) is 25.1 Å². The summed E-state index contributed by atoms with van der Waals surface area (Å²) in [6.07, 6.45) is -3.80. The average Bonchev–Trinajstić information content (AvgIpc) is 3.45. The molecule has 2 saturated heterocycles. The predicted octanol–water partition coefficient (Wildman–Crippen LogP) is 0.250. The summed E-state index contributed by atoms with van der Waals surface area (Å²) in [5, 5.41) is 20.0. The largest absolute Gasteiger partial charge is 0.490 e. The molecule has 2 fully saturated rings. The van der Waals surface area contributed by atoms with Crippen LogP contribution in [0.2, 0.25) is 0 Å². The van der Waals surface area contributed by atoms with Crippen LogP contribution in [0, 0.1) is 11.8 Å². The van der Waals surface area contributed by atoms with Crippen molar-refractivity contribution in [2.24, 2.45) is 7.05 Å². The Bertz CT molecular complexity index is 1260. The minimum Gasteiger partial charge on any atom is -0.480 e. The number of nitrogens with one attached hydrogen (secondary N) is 1. The Hall–Kier alpha value is -3.80. The monoisotopic (exact) mass is 513 g/mol. The van der Waals surface area contributed by atoms with Crippen LogP contribution in [0.1, 0.15) is 19.8 Å². The molecule has 3 N–H and O–H groups in total. The number of nitrogens with zero attached hydrogens (tertiary/aromatic N) is 6. The highest BCUT2D eigenvalue weighted by Gasteiger charge is 2.38. The Labute approximate surface area is 203 Å². The highest BCUT2D eigenvalue weighted by atomic mass is 19.4. The minimum absolute atomic E-state index is 0.243. The molecule has 0 unspecified atom stereocenters. The Kier molecular flexibility index (Phi) is 8.08. The molecule has 0 radical (unpaired) electrons. The van der Waals surface area contributed by atoms with Crippen molar-refractivity contribution < 1.29 is 33.0 Å². The molecule has 4 rings (SSSR count). The summed E-state index contributed by atoms with van der Waals surface area (Å²) < 4.78 is 35.0. The molecule has 0 saturated carbocycles. The van der Waals surface area contributed by atoms with Gasteiger partial charge in [-0.15, -0.1) is 5.92 Å². The van der Waals surface area contributed by atoms with Gasteiger partial charge in [0.05, 0.1) is 6.54 Å². The van der Waals surface area contributed by atoms with Gasteiger partial charge in [0.15, 0.2) is 11.2 Å². The Balaban J connectivity index is 0.000000454. The van der Waals surface area contributed by atoms with Crippen LogP contribution in [0.15, 0.2) is 4.79 Å². The number of aliphatic carboxylic acids is 2. The number of hydrogen-bond donors (Lipinski definition) is 3. The van der Waals surface area contributed by atoms with Crippen molar-refractivity contribution in [1.29, 1.82) is 0 Å². The van der Waals surface area contributed by atoms with E-state index in [1.807, 2.05) is 4.57 Å². The normalized spacial score (nSPS) is 17.9. The molecule has 196 valence electrons. The average molecular weight is 513 g/mol. The number of piperazine rings is 1. The van der Waals surface area contributed by atoms with Crippen molar-refractivity contribution in [2.75, 3.05) is 42.5 Å². The molecular weight excluding hydrogens is 487 g/mol. The van der Waals surface area contributed by atoms with Gasteiger partial charge in [0.1, 0.15) is 6.04 Å². The molecular formula is C21H26F3N7O5. The van der Waals surface area contributed by atoms with Crippen LogP contribution >= 0.6 is 0 Å². The van der Waals surface area contributed by atoms with E-state index in [2.05, 4.69) is 32.0 Å². The van der Waals surface area contributed by atoms with E-state index in [9.17, 15) is 27.9 Å². The molecule has 0 bridgehead atoms. The molecule has 0 aliphatic carbocycles. The standard InChI is InChI=1S/C19H25N7O3.C2HF3O2/c1-3-4-9-26-14-15(22-19(26)24-11-7-20-8-12-24)21-18(23(2)16(14)27)25-10-5-6-13(25)17(28)29;3-2(4,5)1(6)7/h13,20H,5-12H2,1-2H3,(H,28,29);(H,6,7)/t13-;/m0./s1. The third kappa shape index (κ3) is 5.54. The lowest BCUT2D eigenvalue weighted by atomic mass is 10.2. The Morgan fingerprint density at radius 1 is 1.14 bits per heavy atom. The molecule has 2 aliphatic rings. The number of imidazole rings is 1. The van der Waals surface area contributed by atoms with Crippen LogP contribution < -0.4 is 20.7 Å². The van der Waals surface area contributed by atoms with Crippen LogP contribution in [0.25, 0.3) is 11.2 Å². The molecule has 4 heterocycles. The van der Waals surface area contributed by atoms with Crippen molar-refractivity contribution in [1.82, 2.24) is 24.4 Å². The summed E-state index contributed by atoms with van der Waals surface area (Å²) in [5.74, 6) is 3.28. The summed E-state index contributed by atoms with van der Waals surface area (Å²) in [6, 6.07) is -0.675. The van der Waals surface area contributed by atoms with Gasteiger partial charge in [-0.05, 0) is 19.8 Å². The first kappa shape index (κ1) is 26.8. The number of fused-ring (bicyclic) bond motifs is 1. The Morgan fingerprint density at radius 2 is 1.75 bits per heavy atom. The molecule has 2 aliphatic heterocycles. The highest BCUT2D eigenvalue weighted by Crippen LogP contribution is 2.26. The topological polar surface area (TPSA) is 146 Å². The number of aromatic nitrogens is 4. The second kappa shape index (κ2) is 10.9. The molecule has 15 heteroatoms. The number of alkyl halides is 3. The highest BCUT2D eigenvalue weighted by molar-refractivity contribution is 5.80. The van der Waals surface area contributed by atoms with E-state index in [1.54, 1.807) is 18.9 Å². The quantitative estimate of drug-likeness (QED) is 0.487. The maximum absolute atomic E-state index is 13.3. The van der Waals surface area contributed by atoms with E-state index in [4.69, 9.17) is 9.90 Å². The number of halogens is 3. The molecule has 0 amide bonds. The number of carboxylic acids is 2. The predicted molar refractivity (Wildman–Crippen MR) is 123 cm³/mol. The molecule has 0 aromatic carbocycles. The van der Waals surface area contributed by atoms with Crippen molar-refractivity contribution in [3.63, 3.8) is 0 Å². The summed E-state index contributed by atoms with van der Waals surface area (Å²) in [4.78, 5) is 46.9. The summed E-state index contributed by atoms with van der Waals surface area (Å²) in [7, 11) is 1.63. The molecule has 2 aromatic heterocycles. The first-order valence-electron chi connectivity index (χ1n) is 11.1. The SMILES string of the molecule is CC#CCn1c(N2CCNCC2)nc2nc(N3CCC[C@H]3C(=O)O)n(C)c(=O)c21.O=C(O)C(F)(F)F. The third-order valence-electron chi connectivity index (χ3n) is 5.79. The maximum Gasteiger partial charge on any atom is 0.490 e. The second-order valence-corrected chi connectivity index (χ2v) is 8.10. The van der Waals surface area contributed by atoms with Gasteiger partial charge in [-0.3, -0.25) is 13.9 Å². The van der Waals surface area contributed by atoms with Gasteiger partial charge in [-0.2, -0.15) is 23.1 Å². The summed E-state index contributed by atoms with van der Waals surface area (Å²) >= 11 is 0. The first-order chi connectivity index (χ1) is 17.0. The third-order valence-corrected chi connectivity index (χ3v) is 5.79. The van der Waals surface area contributed by atoms with Crippen molar-refractivity contribution in [2.45, 2.75) is 38.5 Å². The van der Waals surface area contributed by atoms with Gasteiger partial charge in [0.25, 0.3) is 5.56 Å². The fraction of sp³-hybridized carbons (Fsp3) is 0.571. The van der Waals surface area contributed by atoms with Crippen LogP contribution in [-0.2, 0) is 23.2 Å². The van der Waals surface area contributed by atoms with E-state index in [1.165, 1.54) is 4.57 Å². The lowest BCUT2D eigenvalue weighted by Crippen LogP contribution is -2.44. The van der Waals surface area contributed by atoms with Gasteiger partial charge in [0.2, 0.25) is 11.9 Å². The van der Waals surface area contributed by atoms with Gasteiger partial charge in [-0.25, -0.2) is 9.59 Å². The number of anilines is 2. The zero-order valence-electron chi connectivity index (χ0n) is 19.7. The fourth-order valence-corrected chi connectivity index (χ4v) is 4.07. The van der Waals surface area contributed by atoms with Gasteiger partial charge in [0, 0.05) is 39.8 Å². The van der Waals surface area contributed by atoms with Crippen LogP contribution in [0.5, 0.6) is 0 Å². The second-order valence-electron chi connectivity index (χ2n) is 8.10. The lowest BCUT2D eigenvalue weighted by Gasteiger charge is -2.28. The van der Waals surface area contributed by atoms with E-state index >= 15 is 0 Å². The van der Waals surface area contributed by atoms with Gasteiger partial charge >= 0.3 is 18.1 Å². The summed E-state index contributed by atoms with van der Waals surface area (Å²) in [5.41, 5.74) is 0.497. The molecule has 0 spiro atoms. The van der Waals surface area contributed by atoms with Crippen molar-refractivity contribution in [3.8, 4) is 11.8 Å². The van der Waals surface area contributed by atoms with E-state index in [0.717, 1.165) is 32.6 Å². The van der Waals surface area contributed by atoms with Gasteiger partial charge in [-0.1, -0.05) is 5.92 Å². The fourth-order valence-electron chi connectivity index (χ4n) is 4.07. The smallest absolute Gasteiger partial charge is 0.480 e. The molecule has 2 aromatic rings. The number of hydrogen-bond acceptors (Lipinski definition) is 8. The summed E-state index contributed by atoms with van der Waals surface area (Å²) in [6.45, 7) is 5.91. The zero-order chi connectivity index (χ0) is 26.6. The van der Waals surface area contributed by atoms with Crippen molar-refractivity contribution in [3.05, 3.63) is 10.4 Å². The Morgan fingerprint density at radius 3 is 2.31 bits per heavy atom. The lowest BCUT2D eigenvalue weighted by molar-refractivity contribution is -0.192.